The Labute approximate surface area is 129 Å². The molecule has 2 aromatic carbocycles. The summed E-state index contributed by atoms with van der Waals surface area (Å²) in [5.74, 6) is 0. The van der Waals surface area contributed by atoms with Crippen molar-refractivity contribution < 1.29 is 0 Å². The summed E-state index contributed by atoms with van der Waals surface area (Å²) in [6, 6.07) is 15.9. The van der Waals surface area contributed by atoms with E-state index in [9.17, 15) is 0 Å². The quantitative estimate of drug-likeness (QED) is 0.850. The molecule has 0 saturated heterocycles. The van der Waals surface area contributed by atoms with Crippen LogP contribution in [-0.2, 0) is 19.4 Å². The Morgan fingerprint density at radius 1 is 1.05 bits per heavy atom. The largest absolute Gasteiger partial charge is 0.306 e. The van der Waals surface area contributed by atoms with Crippen LogP contribution in [0.1, 0.15) is 41.6 Å². The zero-order valence-electron chi connectivity index (χ0n) is 11.8. The first-order valence-electron chi connectivity index (χ1n) is 7.32. The first-order chi connectivity index (χ1) is 9.72. The highest BCUT2D eigenvalue weighted by Gasteiger charge is 2.11. The van der Waals surface area contributed by atoms with Crippen molar-refractivity contribution in [2.45, 2.75) is 38.8 Å². The minimum absolute atomic E-state index is 0.372. The molecule has 0 bridgehead atoms. The third-order valence-corrected chi connectivity index (χ3v) is 4.67. The monoisotopic (exact) mass is 329 g/mol. The molecule has 0 radical (unpaired) electrons. The summed E-state index contributed by atoms with van der Waals surface area (Å²) in [5, 5.41) is 3.61. The summed E-state index contributed by atoms with van der Waals surface area (Å²) in [5.41, 5.74) is 5.83. The van der Waals surface area contributed by atoms with Gasteiger partial charge >= 0.3 is 0 Å². The number of benzene rings is 2. The van der Waals surface area contributed by atoms with Crippen LogP contribution in [0.4, 0.5) is 0 Å². The molecule has 20 heavy (non-hydrogen) atoms. The smallest absolute Gasteiger partial charge is 0.0294 e. The lowest BCUT2D eigenvalue weighted by molar-refractivity contribution is 0.574. The summed E-state index contributed by atoms with van der Waals surface area (Å²) in [7, 11) is 0. The summed E-state index contributed by atoms with van der Waals surface area (Å²) < 4.78 is 1.13. The molecule has 0 spiro atoms. The van der Waals surface area contributed by atoms with Gasteiger partial charge < -0.3 is 5.32 Å². The van der Waals surface area contributed by atoms with Crippen molar-refractivity contribution in [3.63, 3.8) is 0 Å². The highest BCUT2D eigenvalue weighted by molar-refractivity contribution is 9.10. The maximum absolute atomic E-state index is 3.61. The molecule has 1 atom stereocenters. The molecule has 1 nitrogen and oxygen atoms in total. The first kappa shape index (κ1) is 13.8. The van der Waals surface area contributed by atoms with E-state index in [0.717, 1.165) is 11.0 Å². The fraction of sp³-hybridized carbons (Fsp3) is 0.333. The molecule has 2 heteroatoms. The molecular formula is C18H20BrN. The van der Waals surface area contributed by atoms with Crippen molar-refractivity contribution in [1.29, 1.82) is 0 Å². The van der Waals surface area contributed by atoms with Crippen molar-refractivity contribution in [1.82, 2.24) is 5.32 Å². The van der Waals surface area contributed by atoms with E-state index in [4.69, 9.17) is 0 Å². The average molecular weight is 330 g/mol. The topological polar surface area (TPSA) is 12.0 Å². The van der Waals surface area contributed by atoms with E-state index in [1.807, 2.05) is 0 Å². The van der Waals surface area contributed by atoms with Crippen LogP contribution in [0, 0.1) is 0 Å². The van der Waals surface area contributed by atoms with Gasteiger partial charge in [-0.15, -0.1) is 0 Å². The van der Waals surface area contributed by atoms with E-state index < -0.39 is 0 Å². The zero-order chi connectivity index (χ0) is 13.9. The average Bonchev–Trinajstić information content (AvgIpc) is 2.93. The number of aryl methyl sites for hydroxylation is 2. The number of hydrogen-bond acceptors (Lipinski definition) is 1. The molecule has 1 aliphatic carbocycles. The lowest BCUT2D eigenvalue weighted by Crippen LogP contribution is -2.18. The van der Waals surface area contributed by atoms with Gasteiger partial charge in [0.2, 0.25) is 0 Å². The van der Waals surface area contributed by atoms with Crippen LogP contribution in [0.2, 0.25) is 0 Å². The Hall–Kier alpha value is -1.12. The summed E-state index contributed by atoms with van der Waals surface area (Å²) in [4.78, 5) is 0. The van der Waals surface area contributed by atoms with Gasteiger partial charge in [0.05, 0.1) is 0 Å². The van der Waals surface area contributed by atoms with Crippen LogP contribution >= 0.6 is 15.9 Å². The molecule has 1 N–H and O–H groups in total. The second kappa shape index (κ2) is 6.11. The van der Waals surface area contributed by atoms with Gasteiger partial charge in [-0.1, -0.05) is 46.3 Å². The molecule has 3 rings (SSSR count). The minimum atomic E-state index is 0.372. The van der Waals surface area contributed by atoms with Crippen LogP contribution in [-0.4, -0.2) is 0 Å². The molecule has 0 saturated carbocycles. The third-order valence-electron chi connectivity index (χ3n) is 4.15. The zero-order valence-corrected chi connectivity index (χ0v) is 13.4. The van der Waals surface area contributed by atoms with E-state index in [-0.39, 0.29) is 0 Å². The predicted molar refractivity (Wildman–Crippen MR) is 87.9 cm³/mol. The van der Waals surface area contributed by atoms with Crippen LogP contribution in [0.3, 0.4) is 0 Å². The van der Waals surface area contributed by atoms with Crippen LogP contribution < -0.4 is 5.32 Å². The van der Waals surface area contributed by atoms with Crippen molar-refractivity contribution in [3.8, 4) is 0 Å². The summed E-state index contributed by atoms with van der Waals surface area (Å²) in [6.45, 7) is 3.15. The Balaban J connectivity index is 1.63. The second-order valence-electron chi connectivity index (χ2n) is 5.61. The van der Waals surface area contributed by atoms with Crippen molar-refractivity contribution in [3.05, 3.63) is 69.2 Å². The van der Waals surface area contributed by atoms with Gasteiger partial charge in [0.25, 0.3) is 0 Å². The third kappa shape index (κ3) is 3.13. The second-order valence-corrected chi connectivity index (χ2v) is 6.53. The lowest BCUT2D eigenvalue weighted by Gasteiger charge is -2.15. The van der Waals surface area contributed by atoms with Gasteiger partial charge in [0.1, 0.15) is 0 Å². The predicted octanol–water partition coefficient (Wildman–Crippen LogP) is 4.79. The molecule has 0 heterocycles. The molecule has 104 valence electrons. The number of fused-ring (bicyclic) bond motifs is 1. The standard InChI is InChI=1S/C18H20BrN/c1-13(15-7-9-18(19)10-8-15)20-12-14-5-6-16-3-2-4-17(16)11-14/h5-11,13,20H,2-4,12H2,1H3/t13-/m1/s1. The van der Waals surface area contributed by atoms with Crippen LogP contribution in [0.25, 0.3) is 0 Å². The van der Waals surface area contributed by atoms with E-state index in [1.54, 1.807) is 11.1 Å². The van der Waals surface area contributed by atoms with Gasteiger partial charge in [0, 0.05) is 17.1 Å². The Bertz CT molecular complexity index is 589. The van der Waals surface area contributed by atoms with Crippen LogP contribution in [0.5, 0.6) is 0 Å². The van der Waals surface area contributed by atoms with Gasteiger partial charge in [-0.25, -0.2) is 0 Å². The number of nitrogens with one attached hydrogen (secondary N) is 1. The first-order valence-corrected chi connectivity index (χ1v) is 8.11. The van der Waals surface area contributed by atoms with Crippen LogP contribution in [0.15, 0.2) is 46.9 Å². The molecule has 0 amide bonds. The highest BCUT2D eigenvalue weighted by atomic mass is 79.9. The van der Waals surface area contributed by atoms with E-state index in [0.29, 0.717) is 6.04 Å². The van der Waals surface area contributed by atoms with E-state index in [1.165, 1.54) is 30.4 Å². The van der Waals surface area contributed by atoms with Gasteiger partial charge in [0.15, 0.2) is 0 Å². The molecule has 2 aromatic rings. The number of hydrogen-bond donors (Lipinski definition) is 1. The molecular weight excluding hydrogens is 310 g/mol. The molecule has 1 aliphatic rings. The summed E-state index contributed by atoms with van der Waals surface area (Å²) in [6.07, 6.45) is 3.84. The Morgan fingerprint density at radius 3 is 2.60 bits per heavy atom. The number of halogens is 1. The fourth-order valence-corrected chi connectivity index (χ4v) is 3.14. The summed E-state index contributed by atoms with van der Waals surface area (Å²) >= 11 is 3.48. The van der Waals surface area contributed by atoms with Gasteiger partial charge in [-0.2, -0.15) is 0 Å². The molecule has 0 unspecified atom stereocenters. The minimum Gasteiger partial charge on any atom is -0.306 e. The van der Waals surface area contributed by atoms with E-state index >= 15 is 0 Å². The maximum atomic E-state index is 3.61. The van der Waals surface area contributed by atoms with Crippen molar-refractivity contribution in [2.24, 2.45) is 0 Å². The fourth-order valence-electron chi connectivity index (χ4n) is 2.88. The number of rotatable bonds is 4. The lowest BCUT2D eigenvalue weighted by atomic mass is 10.1. The van der Waals surface area contributed by atoms with Gasteiger partial charge in [-0.3, -0.25) is 0 Å². The van der Waals surface area contributed by atoms with Gasteiger partial charge in [-0.05, 0) is 60.6 Å². The van der Waals surface area contributed by atoms with Crippen molar-refractivity contribution >= 4 is 15.9 Å². The van der Waals surface area contributed by atoms with E-state index in [2.05, 4.69) is 70.6 Å². The highest BCUT2D eigenvalue weighted by Crippen LogP contribution is 2.23. The Kier molecular flexibility index (Phi) is 4.23. The molecule has 0 aliphatic heterocycles. The normalized spacial score (nSPS) is 15.1. The SMILES string of the molecule is C[C@@H](NCc1ccc2c(c1)CCC2)c1ccc(Br)cc1. The maximum Gasteiger partial charge on any atom is 0.0294 e. The van der Waals surface area contributed by atoms with Crippen molar-refractivity contribution in [2.75, 3.05) is 0 Å². The molecule has 0 fully saturated rings. The Morgan fingerprint density at radius 2 is 1.80 bits per heavy atom. The molecule has 0 aromatic heterocycles.